The zero-order valence-corrected chi connectivity index (χ0v) is 11.2. The van der Waals surface area contributed by atoms with Crippen molar-refractivity contribution in [2.24, 2.45) is 0 Å². The molecule has 0 spiro atoms. The van der Waals surface area contributed by atoms with Gasteiger partial charge < -0.3 is 0 Å². The standard InChI is InChI=1S/C16H24N2/c1-2-7-15(8-3-1)13-17-10-6-9-16(14-17)18-11-4-5-12-18/h1-3,7-8,16H,4-6,9-14H2. The normalized spacial score (nSPS) is 26.6. The number of benzene rings is 1. The molecule has 3 rings (SSSR count). The first-order valence-corrected chi connectivity index (χ1v) is 7.42. The lowest BCUT2D eigenvalue weighted by molar-refractivity contribution is 0.110. The van der Waals surface area contributed by atoms with Gasteiger partial charge in [0.05, 0.1) is 0 Å². The van der Waals surface area contributed by atoms with Crippen LogP contribution in [-0.2, 0) is 6.54 Å². The maximum atomic E-state index is 2.72. The molecule has 1 aromatic carbocycles. The average molecular weight is 244 g/mol. The molecule has 1 atom stereocenters. The Morgan fingerprint density at radius 2 is 1.72 bits per heavy atom. The van der Waals surface area contributed by atoms with Gasteiger partial charge in [0, 0.05) is 19.1 Å². The van der Waals surface area contributed by atoms with Gasteiger partial charge in [-0.15, -0.1) is 0 Å². The van der Waals surface area contributed by atoms with Crippen LogP contribution in [0.25, 0.3) is 0 Å². The molecule has 2 saturated heterocycles. The fraction of sp³-hybridized carbons (Fsp3) is 0.625. The third kappa shape index (κ3) is 2.93. The van der Waals surface area contributed by atoms with Crippen LogP contribution in [0.3, 0.4) is 0 Å². The Morgan fingerprint density at radius 1 is 0.944 bits per heavy atom. The van der Waals surface area contributed by atoms with Crippen molar-refractivity contribution in [3.8, 4) is 0 Å². The smallest absolute Gasteiger partial charge is 0.0234 e. The topological polar surface area (TPSA) is 6.48 Å². The summed E-state index contributed by atoms with van der Waals surface area (Å²) in [5.41, 5.74) is 1.46. The second-order valence-electron chi connectivity index (χ2n) is 5.76. The fourth-order valence-corrected chi connectivity index (χ4v) is 3.42. The van der Waals surface area contributed by atoms with Crippen LogP contribution < -0.4 is 0 Å². The summed E-state index contributed by atoms with van der Waals surface area (Å²) in [7, 11) is 0. The summed E-state index contributed by atoms with van der Waals surface area (Å²) in [5, 5.41) is 0. The van der Waals surface area contributed by atoms with E-state index < -0.39 is 0 Å². The first-order valence-electron chi connectivity index (χ1n) is 7.42. The Labute approximate surface area is 111 Å². The van der Waals surface area contributed by atoms with Gasteiger partial charge in [-0.2, -0.15) is 0 Å². The molecule has 98 valence electrons. The predicted octanol–water partition coefficient (Wildman–Crippen LogP) is 2.75. The van der Waals surface area contributed by atoms with Crippen molar-refractivity contribution in [1.29, 1.82) is 0 Å². The van der Waals surface area contributed by atoms with E-state index in [9.17, 15) is 0 Å². The Kier molecular flexibility index (Phi) is 3.96. The zero-order chi connectivity index (χ0) is 12.2. The molecule has 1 aromatic rings. The molecule has 2 heterocycles. The number of rotatable bonds is 3. The van der Waals surface area contributed by atoms with Crippen LogP contribution in [-0.4, -0.2) is 42.0 Å². The third-order valence-corrected chi connectivity index (χ3v) is 4.39. The van der Waals surface area contributed by atoms with Crippen LogP contribution in [0.5, 0.6) is 0 Å². The minimum absolute atomic E-state index is 0.824. The first kappa shape index (κ1) is 12.2. The van der Waals surface area contributed by atoms with Gasteiger partial charge in [0.15, 0.2) is 0 Å². The van der Waals surface area contributed by atoms with E-state index in [2.05, 4.69) is 40.1 Å². The van der Waals surface area contributed by atoms with Crippen LogP contribution in [0.15, 0.2) is 30.3 Å². The molecule has 2 heteroatoms. The molecule has 0 radical (unpaired) electrons. The summed E-state index contributed by atoms with van der Waals surface area (Å²) in [6.07, 6.45) is 5.60. The third-order valence-electron chi connectivity index (χ3n) is 4.39. The van der Waals surface area contributed by atoms with Gasteiger partial charge in [0.1, 0.15) is 0 Å². The molecule has 2 fully saturated rings. The van der Waals surface area contributed by atoms with E-state index in [1.165, 1.54) is 57.4 Å². The molecule has 0 N–H and O–H groups in total. The van der Waals surface area contributed by atoms with E-state index in [4.69, 9.17) is 0 Å². The molecule has 1 unspecified atom stereocenters. The molecule has 0 bridgehead atoms. The number of hydrogen-bond donors (Lipinski definition) is 0. The number of nitrogens with zero attached hydrogens (tertiary/aromatic N) is 2. The summed E-state index contributed by atoms with van der Waals surface area (Å²) >= 11 is 0. The van der Waals surface area contributed by atoms with Gasteiger partial charge in [-0.3, -0.25) is 9.80 Å². The monoisotopic (exact) mass is 244 g/mol. The van der Waals surface area contributed by atoms with E-state index in [1.54, 1.807) is 0 Å². The summed E-state index contributed by atoms with van der Waals surface area (Å²) in [6.45, 7) is 6.35. The summed E-state index contributed by atoms with van der Waals surface area (Å²) in [4.78, 5) is 5.36. The molecular weight excluding hydrogens is 220 g/mol. The number of likely N-dealkylation sites (tertiary alicyclic amines) is 2. The highest BCUT2D eigenvalue weighted by Gasteiger charge is 2.26. The van der Waals surface area contributed by atoms with Gasteiger partial charge >= 0.3 is 0 Å². The molecule has 0 saturated carbocycles. The van der Waals surface area contributed by atoms with Crippen molar-refractivity contribution in [3.05, 3.63) is 35.9 Å². The summed E-state index contributed by atoms with van der Waals surface area (Å²) in [6, 6.07) is 11.7. The van der Waals surface area contributed by atoms with Gasteiger partial charge in [-0.05, 0) is 50.9 Å². The van der Waals surface area contributed by atoms with Crippen molar-refractivity contribution in [1.82, 2.24) is 9.80 Å². The van der Waals surface area contributed by atoms with E-state index in [0.717, 1.165) is 12.6 Å². The van der Waals surface area contributed by atoms with Crippen LogP contribution in [0.4, 0.5) is 0 Å². The van der Waals surface area contributed by atoms with E-state index in [1.807, 2.05) is 0 Å². The van der Waals surface area contributed by atoms with Crippen LogP contribution in [0, 0.1) is 0 Å². The second-order valence-corrected chi connectivity index (χ2v) is 5.76. The molecular formula is C16H24N2. The van der Waals surface area contributed by atoms with Crippen molar-refractivity contribution >= 4 is 0 Å². The summed E-state index contributed by atoms with van der Waals surface area (Å²) < 4.78 is 0. The molecule has 2 aliphatic heterocycles. The van der Waals surface area contributed by atoms with Crippen LogP contribution >= 0.6 is 0 Å². The number of piperidine rings is 1. The van der Waals surface area contributed by atoms with Crippen LogP contribution in [0.2, 0.25) is 0 Å². The van der Waals surface area contributed by atoms with Crippen molar-refractivity contribution in [3.63, 3.8) is 0 Å². The van der Waals surface area contributed by atoms with Gasteiger partial charge in [-0.1, -0.05) is 30.3 Å². The molecule has 2 aliphatic rings. The Bertz CT molecular complexity index is 357. The van der Waals surface area contributed by atoms with Crippen molar-refractivity contribution < 1.29 is 0 Å². The molecule has 2 nitrogen and oxygen atoms in total. The maximum absolute atomic E-state index is 2.72. The SMILES string of the molecule is c1ccc(CN2CCCC(N3CCCC3)C2)cc1. The lowest BCUT2D eigenvalue weighted by Gasteiger charge is -2.37. The first-order chi connectivity index (χ1) is 8.92. The van der Waals surface area contributed by atoms with E-state index >= 15 is 0 Å². The van der Waals surface area contributed by atoms with Gasteiger partial charge in [-0.25, -0.2) is 0 Å². The predicted molar refractivity (Wildman–Crippen MR) is 75.5 cm³/mol. The quantitative estimate of drug-likeness (QED) is 0.806. The second kappa shape index (κ2) is 5.85. The van der Waals surface area contributed by atoms with E-state index in [-0.39, 0.29) is 0 Å². The largest absolute Gasteiger partial charge is 0.299 e. The highest BCUT2D eigenvalue weighted by atomic mass is 15.2. The summed E-state index contributed by atoms with van der Waals surface area (Å²) in [5.74, 6) is 0. The molecule has 18 heavy (non-hydrogen) atoms. The van der Waals surface area contributed by atoms with Gasteiger partial charge in [0.25, 0.3) is 0 Å². The van der Waals surface area contributed by atoms with Crippen molar-refractivity contribution in [2.45, 2.75) is 38.3 Å². The van der Waals surface area contributed by atoms with Crippen molar-refractivity contribution in [2.75, 3.05) is 26.2 Å². The minimum atomic E-state index is 0.824. The minimum Gasteiger partial charge on any atom is -0.299 e. The maximum Gasteiger partial charge on any atom is 0.0234 e. The zero-order valence-electron chi connectivity index (χ0n) is 11.2. The lowest BCUT2D eigenvalue weighted by Crippen LogP contribution is -2.46. The molecule has 0 amide bonds. The highest BCUT2D eigenvalue weighted by Crippen LogP contribution is 2.21. The van der Waals surface area contributed by atoms with Gasteiger partial charge in [0.2, 0.25) is 0 Å². The van der Waals surface area contributed by atoms with Crippen LogP contribution in [0.1, 0.15) is 31.2 Å². The molecule has 0 aliphatic carbocycles. The Hall–Kier alpha value is -0.860. The van der Waals surface area contributed by atoms with E-state index in [0.29, 0.717) is 0 Å². The number of hydrogen-bond acceptors (Lipinski definition) is 2. The molecule has 0 aromatic heterocycles. The Balaban J connectivity index is 1.56. The average Bonchev–Trinajstić information content (AvgIpc) is 2.94. The Morgan fingerprint density at radius 3 is 2.50 bits per heavy atom. The lowest BCUT2D eigenvalue weighted by atomic mass is 10.0. The fourth-order valence-electron chi connectivity index (χ4n) is 3.42. The highest BCUT2D eigenvalue weighted by molar-refractivity contribution is 5.14.